The van der Waals surface area contributed by atoms with Crippen LogP contribution in [0.4, 0.5) is 4.79 Å². The number of aryl methyl sites for hydroxylation is 1. The van der Waals surface area contributed by atoms with E-state index in [9.17, 15) is 4.79 Å². The zero-order valence-electron chi connectivity index (χ0n) is 10.9. The minimum absolute atomic E-state index is 0.0574. The number of hydrogen-bond donors (Lipinski definition) is 3. The first-order valence-electron chi connectivity index (χ1n) is 6.19. The van der Waals surface area contributed by atoms with Gasteiger partial charge >= 0.3 is 6.03 Å². The van der Waals surface area contributed by atoms with Crippen molar-refractivity contribution in [3.63, 3.8) is 0 Å². The molecular formula is C13H21N3O2. The lowest BCUT2D eigenvalue weighted by atomic mass is 10.2. The van der Waals surface area contributed by atoms with Crippen LogP contribution in [-0.2, 0) is 6.54 Å². The van der Waals surface area contributed by atoms with Gasteiger partial charge in [0.25, 0.3) is 0 Å². The summed E-state index contributed by atoms with van der Waals surface area (Å²) < 4.78 is 0. The number of pyridine rings is 1. The van der Waals surface area contributed by atoms with Gasteiger partial charge in [0.15, 0.2) is 0 Å². The van der Waals surface area contributed by atoms with Crippen molar-refractivity contribution < 1.29 is 9.90 Å². The van der Waals surface area contributed by atoms with Crippen LogP contribution in [0.15, 0.2) is 18.3 Å². The molecule has 0 spiro atoms. The minimum atomic E-state index is -0.203. The van der Waals surface area contributed by atoms with Crippen molar-refractivity contribution in [2.45, 2.75) is 39.3 Å². The first-order valence-corrected chi connectivity index (χ1v) is 6.19. The Bertz CT molecular complexity index is 382. The molecule has 1 atom stereocenters. The van der Waals surface area contributed by atoms with Gasteiger partial charge in [-0.3, -0.25) is 4.98 Å². The summed E-state index contributed by atoms with van der Waals surface area (Å²) in [4.78, 5) is 15.8. The van der Waals surface area contributed by atoms with Gasteiger partial charge in [-0.25, -0.2) is 4.79 Å². The van der Waals surface area contributed by atoms with E-state index < -0.39 is 0 Å². The van der Waals surface area contributed by atoms with E-state index in [4.69, 9.17) is 5.11 Å². The van der Waals surface area contributed by atoms with Crippen LogP contribution in [0.25, 0.3) is 0 Å². The molecule has 0 saturated heterocycles. The number of carbonyl (C=O) groups excluding carboxylic acids is 1. The van der Waals surface area contributed by atoms with Crippen LogP contribution in [0.5, 0.6) is 0 Å². The fourth-order valence-electron chi connectivity index (χ4n) is 1.61. The molecule has 18 heavy (non-hydrogen) atoms. The molecule has 100 valence electrons. The summed E-state index contributed by atoms with van der Waals surface area (Å²) in [7, 11) is 0. The van der Waals surface area contributed by atoms with E-state index in [1.54, 1.807) is 6.20 Å². The first-order chi connectivity index (χ1) is 8.63. The number of aromatic nitrogens is 1. The van der Waals surface area contributed by atoms with Gasteiger partial charge in [-0.1, -0.05) is 6.07 Å². The molecule has 1 aromatic heterocycles. The molecule has 0 radical (unpaired) electrons. The second-order valence-electron chi connectivity index (χ2n) is 4.36. The molecule has 0 aromatic carbocycles. The average Bonchev–Trinajstić information content (AvgIpc) is 2.35. The molecule has 5 heteroatoms. The highest BCUT2D eigenvalue weighted by molar-refractivity contribution is 5.74. The largest absolute Gasteiger partial charge is 0.396 e. The highest BCUT2D eigenvalue weighted by Crippen LogP contribution is 2.02. The maximum absolute atomic E-state index is 11.6. The highest BCUT2D eigenvalue weighted by Gasteiger charge is 2.07. The molecule has 0 aliphatic carbocycles. The third kappa shape index (κ3) is 5.14. The Kier molecular flexibility index (Phi) is 6.14. The predicted octanol–water partition coefficient (Wildman–Crippen LogP) is 1.35. The summed E-state index contributed by atoms with van der Waals surface area (Å²) in [5, 5.41) is 14.3. The molecule has 2 amide bonds. The molecule has 0 fully saturated rings. The summed E-state index contributed by atoms with van der Waals surface area (Å²) in [5.74, 6) is 0. The van der Waals surface area contributed by atoms with Crippen molar-refractivity contribution in [2.75, 3.05) is 6.61 Å². The van der Waals surface area contributed by atoms with Gasteiger partial charge in [0.1, 0.15) is 0 Å². The summed E-state index contributed by atoms with van der Waals surface area (Å²) in [6, 6.07) is 3.69. The minimum Gasteiger partial charge on any atom is -0.396 e. The lowest BCUT2D eigenvalue weighted by molar-refractivity contribution is 0.234. The summed E-state index contributed by atoms with van der Waals surface area (Å²) >= 11 is 0. The van der Waals surface area contributed by atoms with Crippen LogP contribution in [0, 0.1) is 6.92 Å². The Morgan fingerprint density at radius 1 is 1.56 bits per heavy atom. The highest BCUT2D eigenvalue weighted by atomic mass is 16.3. The second kappa shape index (κ2) is 7.66. The molecule has 1 aromatic rings. The number of aliphatic hydroxyl groups excluding tert-OH is 1. The topological polar surface area (TPSA) is 74.2 Å². The Morgan fingerprint density at radius 2 is 2.33 bits per heavy atom. The van der Waals surface area contributed by atoms with Crippen LogP contribution in [-0.4, -0.2) is 28.8 Å². The van der Waals surface area contributed by atoms with Gasteiger partial charge in [0.05, 0.1) is 12.2 Å². The predicted molar refractivity (Wildman–Crippen MR) is 70.1 cm³/mol. The fraction of sp³-hybridized carbons (Fsp3) is 0.538. The summed E-state index contributed by atoms with van der Waals surface area (Å²) in [6.45, 7) is 4.46. The Morgan fingerprint density at radius 3 is 3.00 bits per heavy atom. The molecule has 1 rings (SSSR count). The molecule has 1 heterocycles. The Hall–Kier alpha value is -1.62. The van der Waals surface area contributed by atoms with E-state index in [2.05, 4.69) is 15.6 Å². The number of aliphatic hydroxyl groups is 1. The van der Waals surface area contributed by atoms with Gasteiger partial charge in [-0.2, -0.15) is 0 Å². The molecule has 0 bridgehead atoms. The van der Waals surface area contributed by atoms with Crippen molar-refractivity contribution in [1.82, 2.24) is 15.6 Å². The lowest BCUT2D eigenvalue weighted by Gasteiger charge is -2.14. The monoisotopic (exact) mass is 251 g/mol. The van der Waals surface area contributed by atoms with Crippen LogP contribution in [0.3, 0.4) is 0 Å². The van der Waals surface area contributed by atoms with Crippen molar-refractivity contribution >= 4 is 6.03 Å². The van der Waals surface area contributed by atoms with Crippen molar-refractivity contribution in [1.29, 1.82) is 0 Å². The van der Waals surface area contributed by atoms with E-state index in [1.807, 2.05) is 26.0 Å². The van der Waals surface area contributed by atoms with Gasteiger partial charge in [-0.05, 0) is 38.3 Å². The van der Waals surface area contributed by atoms with Gasteiger partial charge in [0.2, 0.25) is 0 Å². The molecule has 1 unspecified atom stereocenters. The maximum Gasteiger partial charge on any atom is 0.315 e. The van der Waals surface area contributed by atoms with E-state index in [1.165, 1.54) is 0 Å². The lowest BCUT2D eigenvalue weighted by Crippen LogP contribution is -2.40. The third-order valence-corrected chi connectivity index (χ3v) is 2.71. The van der Waals surface area contributed by atoms with E-state index >= 15 is 0 Å². The summed E-state index contributed by atoms with van der Waals surface area (Å²) in [5.41, 5.74) is 1.93. The van der Waals surface area contributed by atoms with Crippen molar-refractivity contribution in [3.8, 4) is 0 Å². The molecule has 0 aliphatic heterocycles. The van der Waals surface area contributed by atoms with E-state index in [-0.39, 0.29) is 18.7 Å². The zero-order valence-corrected chi connectivity index (χ0v) is 10.9. The van der Waals surface area contributed by atoms with Crippen LogP contribution >= 0.6 is 0 Å². The maximum atomic E-state index is 11.6. The quantitative estimate of drug-likeness (QED) is 0.714. The SMILES string of the molecule is Cc1cccnc1CNC(=O)NC(C)CCCO. The number of hydrogen-bond acceptors (Lipinski definition) is 3. The first kappa shape index (κ1) is 14.4. The Balaban J connectivity index is 2.31. The number of carbonyl (C=O) groups is 1. The molecular weight excluding hydrogens is 230 g/mol. The van der Waals surface area contributed by atoms with Gasteiger partial charge in [-0.15, -0.1) is 0 Å². The number of nitrogens with one attached hydrogen (secondary N) is 2. The fourth-order valence-corrected chi connectivity index (χ4v) is 1.61. The molecule has 0 saturated carbocycles. The summed E-state index contributed by atoms with van der Waals surface area (Å²) in [6.07, 6.45) is 3.18. The second-order valence-corrected chi connectivity index (χ2v) is 4.36. The smallest absolute Gasteiger partial charge is 0.315 e. The van der Waals surface area contributed by atoms with Gasteiger partial charge in [0, 0.05) is 18.8 Å². The van der Waals surface area contributed by atoms with E-state index in [0.29, 0.717) is 13.0 Å². The standard InChI is InChI=1S/C13H21N3O2/c1-10-5-3-7-14-12(10)9-15-13(18)16-11(2)6-4-8-17/h3,5,7,11,17H,4,6,8-9H2,1-2H3,(H2,15,16,18). The third-order valence-electron chi connectivity index (χ3n) is 2.71. The van der Waals surface area contributed by atoms with Crippen LogP contribution in [0.2, 0.25) is 0 Å². The molecule has 0 aliphatic rings. The number of nitrogens with zero attached hydrogens (tertiary/aromatic N) is 1. The van der Waals surface area contributed by atoms with E-state index in [0.717, 1.165) is 17.7 Å². The zero-order chi connectivity index (χ0) is 13.4. The number of amides is 2. The normalized spacial score (nSPS) is 11.9. The van der Waals surface area contributed by atoms with Crippen LogP contribution < -0.4 is 10.6 Å². The molecule has 5 nitrogen and oxygen atoms in total. The van der Waals surface area contributed by atoms with Crippen molar-refractivity contribution in [3.05, 3.63) is 29.6 Å². The molecule has 3 N–H and O–H groups in total. The van der Waals surface area contributed by atoms with Crippen molar-refractivity contribution in [2.24, 2.45) is 0 Å². The average molecular weight is 251 g/mol. The van der Waals surface area contributed by atoms with Gasteiger partial charge < -0.3 is 15.7 Å². The number of urea groups is 1. The number of rotatable bonds is 6. The Labute approximate surface area is 108 Å². The van der Waals surface area contributed by atoms with Crippen LogP contribution in [0.1, 0.15) is 31.0 Å².